The van der Waals surface area contributed by atoms with E-state index in [1.807, 2.05) is 36.4 Å². The smallest absolute Gasteiger partial charge is 0.308 e. The minimum Gasteiger partial charge on any atom is -0.543 e. The molecule has 0 unspecified atom stereocenters. The van der Waals surface area contributed by atoms with Gasteiger partial charge in [0, 0.05) is 6.92 Å². The van der Waals surface area contributed by atoms with Gasteiger partial charge in [0.15, 0.2) is 11.6 Å². The van der Waals surface area contributed by atoms with Crippen LogP contribution in [0.2, 0.25) is 16.6 Å². The van der Waals surface area contributed by atoms with Gasteiger partial charge < -0.3 is 19.0 Å². The van der Waals surface area contributed by atoms with Crippen LogP contribution in [0.4, 0.5) is 4.39 Å². The summed E-state index contributed by atoms with van der Waals surface area (Å²) in [6.45, 7) is 14.9. The van der Waals surface area contributed by atoms with E-state index >= 15 is 0 Å². The van der Waals surface area contributed by atoms with Crippen LogP contribution in [0.1, 0.15) is 70.9 Å². The molecule has 8 heteroatoms. The van der Waals surface area contributed by atoms with Gasteiger partial charge in [-0.1, -0.05) is 65.8 Å². The van der Waals surface area contributed by atoms with E-state index in [9.17, 15) is 14.3 Å². The molecule has 0 saturated heterocycles. The highest BCUT2D eigenvalue weighted by atomic mass is 32.2. The van der Waals surface area contributed by atoms with E-state index in [1.54, 1.807) is 18.2 Å². The van der Waals surface area contributed by atoms with E-state index in [0.717, 1.165) is 16.9 Å². The molecule has 4 rings (SSSR count). The highest BCUT2D eigenvalue weighted by Crippen LogP contribution is 2.55. The van der Waals surface area contributed by atoms with Crippen molar-refractivity contribution in [2.75, 3.05) is 0 Å². The summed E-state index contributed by atoms with van der Waals surface area (Å²) >= 11 is 1.31. The molecule has 1 heterocycles. The van der Waals surface area contributed by atoms with E-state index in [4.69, 9.17) is 13.9 Å². The van der Waals surface area contributed by atoms with Gasteiger partial charge >= 0.3 is 5.97 Å². The highest BCUT2D eigenvalue weighted by molar-refractivity contribution is 7.99. The van der Waals surface area contributed by atoms with Crippen LogP contribution in [0, 0.1) is 5.82 Å². The van der Waals surface area contributed by atoms with Crippen LogP contribution in [0.3, 0.4) is 0 Å². The van der Waals surface area contributed by atoms with Crippen LogP contribution in [0.25, 0.3) is 0 Å². The van der Waals surface area contributed by atoms with Crippen molar-refractivity contribution in [2.24, 2.45) is 0 Å². The van der Waals surface area contributed by atoms with Gasteiger partial charge in [0.05, 0.1) is 10.1 Å². The molecular weight excluding hydrogens is 531 g/mol. The second kappa shape index (κ2) is 11.6. The fourth-order valence-corrected chi connectivity index (χ4v) is 12.4. The third kappa shape index (κ3) is 5.82. The summed E-state index contributed by atoms with van der Waals surface area (Å²) in [5, 5.41) is 9.66. The highest BCUT2D eigenvalue weighted by Gasteiger charge is 2.47. The maximum atomic E-state index is 14.9. The van der Waals surface area contributed by atoms with Gasteiger partial charge in [0.2, 0.25) is 0 Å². The number of esters is 1. The number of aromatic hydroxyl groups is 1. The van der Waals surface area contributed by atoms with Crippen LogP contribution >= 0.6 is 11.8 Å². The zero-order valence-electron chi connectivity index (χ0n) is 23.5. The Morgan fingerprint density at radius 3 is 1.95 bits per heavy atom. The number of rotatable bonds is 8. The molecule has 39 heavy (non-hydrogen) atoms. The number of hydrogen-bond donors (Lipinski definition) is 1. The van der Waals surface area contributed by atoms with Gasteiger partial charge in [-0.2, -0.15) is 0 Å². The number of ether oxygens (including phenoxy) is 2. The summed E-state index contributed by atoms with van der Waals surface area (Å²) in [6.07, 6.45) is -0.428. The Morgan fingerprint density at radius 2 is 1.41 bits per heavy atom. The Kier molecular flexibility index (Phi) is 8.66. The number of phenols is 1. The number of thioether (sulfide) groups is 1. The standard InChI is InChI=1S/C31H37FO5SSi/c1-18(2)39(19(3)4,20(5)6)37-25-14-8-22(9-15-25)29-30(23-10-12-24(13-11-23)35-21(7)33)38-31-27(36-29)17-16-26(34)28(31)32/h8-20,29-30,34H,1-7H3/t29-,30+/m1/s1. The summed E-state index contributed by atoms with van der Waals surface area (Å²) < 4.78 is 33.3. The number of carbonyl (C=O) groups excluding carboxylic acids is 1. The number of carbonyl (C=O) groups is 1. The normalized spacial score (nSPS) is 17.2. The zero-order chi connectivity index (χ0) is 28.5. The number of benzene rings is 3. The van der Waals surface area contributed by atoms with Crippen molar-refractivity contribution in [2.45, 2.75) is 81.3 Å². The van der Waals surface area contributed by atoms with Gasteiger partial charge in [-0.25, -0.2) is 4.39 Å². The fraction of sp³-hybridized carbons (Fsp3) is 0.387. The maximum Gasteiger partial charge on any atom is 0.308 e. The van der Waals surface area contributed by atoms with Crippen LogP contribution in [0.15, 0.2) is 65.6 Å². The molecule has 0 bridgehead atoms. The van der Waals surface area contributed by atoms with E-state index < -0.39 is 32.0 Å². The molecule has 0 saturated carbocycles. The number of halogens is 1. The van der Waals surface area contributed by atoms with Crippen LogP contribution in [0.5, 0.6) is 23.0 Å². The molecule has 1 aliphatic heterocycles. The molecule has 1 N–H and O–H groups in total. The van der Waals surface area contributed by atoms with Crippen molar-refractivity contribution in [3.63, 3.8) is 0 Å². The molecule has 3 aromatic carbocycles. The first-order valence-electron chi connectivity index (χ1n) is 13.4. The van der Waals surface area contributed by atoms with Gasteiger partial charge in [-0.05, 0) is 64.1 Å². The van der Waals surface area contributed by atoms with Crippen molar-refractivity contribution in [1.82, 2.24) is 0 Å². The van der Waals surface area contributed by atoms with Crippen LogP contribution < -0.4 is 13.9 Å². The summed E-state index contributed by atoms with van der Waals surface area (Å²) in [4.78, 5) is 11.6. The predicted molar refractivity (Wildman–Crippen MR) is 156 cm³/mol. The fourth-order valence-electron chi connectivity index (χ4n) is 5.78. The first-order chi connectivity index (χ1) is 18.4. The summed E-state index contributed by atoms with van der Waals surface area (Å²) in [5.41, 5.74) is 3.17. The lowest BCUT2D eigenvalue weighted by molar-refractivity contribution is -0.131. The molecular formula is C31H37FO5SSi. The molecule has 208 valence electrons. The first kappa shape index (κ1) is 29.0. The Morgan fingerprint density at radius 1 is 0.872 bits per heavy atom. The molecule has 0 amide bonds. The number of fused-ring (bicyclic) bond motifs is 1. The average molecular weight is 569 g/mol. The minimum atomic E-state index is -2.10. The van der Waals surface area contributed by atoms with Crippen LogP contribution in [-0.4, -0.2) is 19.4 Å². The summed E-state index contributed by atoms with van der Waals surface area (Å²) in [6, 6.07) is 18.1. The van der Waals surface area contributed by atoms with E-state index in [0.29, 0.717) is 28.1 Å². The van der Waals surface area contributed by atoms with E-state index in [1.165, 1.54) is 24.8 Å². The van der Waals surface area contributed by atoms with Crippen molar-refractivity contribution in [3.05, 3.63) is 77.6 Å². The quantitative estimate of drug-likeness (QED) is 0.166. The Labute approximate surface area is 235 Å². The Hall–Kier alpha value is -2.97. The minimum absolute atomic E-state index is 0.266. The first-order valence-corrected chi connectivity index (χ1v) is 16.4. The number of hydrogen-bond acceptors (Lipinski definition) is 6. The Bertz CT molecular complexity index is 1290. The molecule has 0 aromatic heterocycles. The van der Waals surface area contributed by atoms with Crippen molar-refractivity contribution in [3.8, 4) is 23.0 Å². The topological polar surface area (TPSA) is 65.0 Å². The monoisotopic (exact) mass is 568 g/mol. The maximum absolute atomic E-state index is 14.9. The molecule has 0 fully saturated rings. The van der Waals surface area contributed by atoms with Crippen molar-refractivity contribution >= 4 is 26.0 Å². The molecule has 0 aliphatic carbocycles. The van der Waals surface area contributed by atoms with E-state index in [2.05, 4.69) is 41.5 Å². The SMILES string of the molecule is CC(=O)Oc1ccc([C@@H]2Sc3c(ccc(O)c3F)O[C@@H]2c2ccc(O[Si](C(C)C)(C(C)C)C(C)C)cc2)cc1. The summed E-state index contributed by atoms with van der Waals surface area (Å²) in [5.74, 6) is 0.163. The van der Waals surface area contributed by atoms with Gasteiger partial charge in [-0.3, -0.25) is 4.79 Å². The second-order valence-electron chi connectivity index (χ2n) is 11.0. The average Bonchev–Trinajstić information content (AvgIpc) is 2.89. The molecule has 0 radical (unpaired) electrons. The second-order valence-corrected chi connectivity index (χ2v) is 17.5. The summed E-state index contributed by atoms with van der Waals surface area (Å²) in [7, 11) is -2.10. The third-order valence-corrected chi connectivity index (χ3v) is 14.9. The lowest BCUT2D eigenvalue weighted by atomic mass is 10.00. The lowest BCUT2D eigenvalue weighted by Gasteiger charge is -2.42. The van der Waals surface area contributed by atoms with E-state index in [-0.39, 0.29) is 10.1 Å². The largest absolute Gasteiger partial charge is 0.543 e. The molecule has 3 aromatic rings. The lowest BCUT2D eigenvalue weighted by Crippen LogP contribution is -2.50. The van der Waals surface area contributed by atoms with Crippen molar-refractivity contribution in [1.29, 1.82) is 0 Å². The molecule has 1 aliphatic rings. The van der Waals surface area contributed by atoms with Gasteiger partial charge in [-0.15, -0.1) is 11.8 Å². The molecule has 0 spiro atoms. The van der Waals surface area contributed by atoms with Gasteiger partial charge in [0.25, 0.3) is 8.32 Å². The molecule has 2 atom stereocenters. The number of phenolic OH excluding ortho intramolecular Hbond substituents is 1. The molecule has 5 nitrogen and oxygen atoms in total. The predicted octanol–water partition coefficient (Wildman–Crippen LogP) is 8.98. The Balaban J connectivity index is 1.69. The van der Waals surface area contributed by atoms with Crippen molar-refractivity contribution < 1.29 is 28.2 Å². The van der Waals surface area contributed by atoms with Gasteiger partial charge in [0.1, 0.15) is 23.4 Å². The zero-order valence-corrected chi connectivity index (χ0v) is 25.3. The van der Waals surface area contributed by atoms with Crippen LogP contribution in [-0.2, 0) is 4.79 Å². The third-order valence-electron chi connectivity index (χ3n) is 7.49.